The van der Waals surface area contributed by atoms with Crippen LogP contribution < -0.4 is 5.73 Å². The standard InChI is InChI=1S/C9H8F2N2O2/c10-9(11)5-8(9,12)6-3-1-2-4-7(6)13(14)15/h1-4H,5,12H2. The average molecular weight is 214 g/mol. The van der Waals surface area contributed by atoms with E-state index in [0.717, 1.165) is 0 Å². The SMILES string of the molecule is NC1(c2ccccc2[N+](=O)[O-])CC1(F)F. The number of nitrogens with two attached hydrogens (primary N) is 1. The summed E-state index contributed by atoms with van der Waals surface area (Å²) in [5.74, 6) is -3.04. The second kappa shape index (κ2) is 2.73. The molecule has 1 aromatic carbocycles. The third-order valence-electron chi connectivity index (χ3n) is 2.61. The maximum Gasteiger partial charge on any atom is 0.274 e. The van der Waals surface area contributed by atoms with Gasteiger partial charge in [-0.3, -0.25) is 10.1 Å². The van der Waals surface area contributed by atoms with Gasteiger partial charge in [0.15, 0.2) is 0 Å². The first-order valence-corrected chi connectivity index (χ1v) is 4.29. The minimum atomic E-state index is -3.04. The predicted molar refractivity (Wildman–Crippen MR) is 48.5 cm³/mol. The molecule has 2 rings (SSSR count). The van der Waals surface area contributed by atoms with Gasteiger partial charge in [-0.1, -0.05) is 18.2 Å². The number of hydrogen-bond donors (Lipinski definition) is 1. The van der Waals surface area contributed by atoms with Gasteiger partial charge in [0, 0.05) is 12.5 Å². The van der Waals surface area contributed by atoms with Crippen molar-refractivity contribution in [2.24, 2.45) is 5.73 Å². The van der Waals surface area contributed by atoms with Crippen LogP contribution in [0.2, 0.25) is 0 Å². The van der Waals surface area contributed by atoms with E-state index in [0.29, 0.717) is 0 Å². The summed E-state index contributed by atoms with van der Waals surface area (Å²) in [5.41, 5.74) is 3.12. The van der Waals surface area contributed by atoms with Gasteiger partial charge in [0.2, 0.25) is 0 Å². The summed E-state index contributed by atoms with van der Waals surface area (Å²) >= 11 is 0. The third kappa shape index (κ3) is 1.29. The molecular weight excluding hydrogens is 206 g/mol. The largest absolute Gasteiger partial charge is 0.316 e. The minimum Gasteiger partial charge on any atom is -0.316 e. The number of para-hydroxylation sites is 1. The fourth-order valence-electron chi connectivity index (χ4n) is 1.61. The van der Waals surface area contributed by atoms with Gasteiger partial charge >= 0.3 is 0 Å². The van der Waals surface area contributed by atoms with E-state index in [4.69, 9.17) is 5.73 Å². The highest BCUT2D eigenvalue weighted by molar-refractivity contribution is 5.50. The van der Waals surface area contributed by atoms with Crippen LogP contribution in [0.4, 0.5) is 14.5 Å². The Hall–Kier alpha value is -1.56. The van der Waals surface area contributed by atoms with E-state index >= 15 is 0 Å². The van der Waals surface area contributed by atoms with Gasteiger partial charge in [0.25, 0.3) is 11.6 Å². The average Bonchev–Trinajstić information content (AvgIpc) is 2.67. The number of rotatable bonds is 2. The van der Waals surface area contributed by atoms with Crippen LogP contribution in [-0.2, 0) is 5.54 Å². The van der Waals surface area contributed by atoms with Crippen molar-refractivity contribution in [3.63, 3.8) is 0 Å². The number of nitro benzene ring substituents is 1. The molecule has 0 heterocycles. The molecule has 0 aromatic heterocycles. The molecule has 0 amide bonds. The summed E-state index contributed by atoms with van der Waals surface area (Å²) in [4.78, 5) is 9.92. The van der Waals surface area contributed by atoms with Gasteiger partial charge in [0.05, 0.1) is 10.5 Å². The van der Waals surface area contributed by atoms with E-state index in [1.54, 1.807) is 0 Å². The number of benzene rings is 1. The molecule has 1 fully saturated rings. The van der Waals surface area contributed by atoms with Gasteiger partial charge in [-0.15, -0.1) is 0 Å². The Labute approximate surface area is 83.8 Å². The normalized spacial score (nSPS) is 27.4. The number of hydrogen-bond acceptors (Lipinski definition) is 3. The molecule has 1 unspecified atom stereocenters. The van der Waals surface area contributed by atoms with Crippen LogP contribution in [0.3, 0.4) is 0 Å². The Kier molecular flexibility index (Phi) is 1.81. The van der Waals surface area contributed by atoms with Gasteiger partial charge in [-0.2, -0.15) is 0 Å². The lowest BCUT2D eigenvalue weighted by Gasteiger charge is -2.10. The molecule has 0 radical (unpaired) electrons. The van der Waals surface area contributed by atoms with Crippen molar-refractivity contribution in [2.75, 3.05) is 0 Å². The van der Waals surface area contributed by atoms with Gasteiger partial charge in [-0.05, 0) is 0 Å². The van der Waals surface area contributed by atoms with Gasteiger partial charge < -0.3 is 5.73 Å². The van der Waals surface area contributed by atoms with Crippen molar-refractivity contribution >= 4 is 5.69 Å². The topological polar surface area (TPSA) is 69.2 Å². The van der Waals surface area contributed by atoms with Crippen LogP contribution in [0, 0.1) is 10.1 Å². The lowest BCUT2D eigenvalue weighted by Crippen LogP contribution is -2.28. The first-order chi connectivity index (χ1) is 6.88. The summed E-state index contributed by atoms with van der Waals surface area (Å²) < 4.78 is 25.9. The van der Waals surface area contributed by atoms with Crippen LogP contribution in [0.25, 0.3) is 0 Å². The Bertz CT molecular complexity index is 436. The van der Waals surface area contributed by atoms with Crippen LogP contribution in [0.5, 0.6) is 0 Å². The first kappa shape index (κ1) is 9.97. The van der Waals surface area contributed by atoms with Crippen molar-refractivity contribution in [2.45, 2.75) is 17.9 Å². The monoisotopic (exact) mass is 214 g/mol. The zero-order valence-corrected chi connectivity index (χ0v) is 7.61. The number of alkyl halides is 2. The summed E-state index contributed by atoms with van der Waals surface area (Å²) in [6.45, 7) is 0. The Morgan fingerprint density at radius 2 is 1.93 bits per heavy atom. The molecule has 0 aliphatic heterocycles. The highest BCUT2D eigenvalue weighted by atomic mass is 19.3. The predicted octanol–water partition coefficient (Wildman–Crippen LogP) is 1.79. The fraction of sp³-hybridized carbons (Fsp3) is 0.333. The summed E-state index contributed by atoms with van der Waals surface area (Å²) in [7, 11) is 0. The molecule has 2 N–H and O–H groups in total. The van der Waals surface area contributed by atoms with E-state index in [-0.39, 0.29) is 11.3 Å². The fourth-order valence-corrected chi connectivity index (χ4v) is 1.61. The van der Waals surface area contributed by atoms with Crippen LogP contribution in [0.15, 0.2) is 24.3 Å². The lowest BCUT2D eigenvalue weighted by molar-refractivity contribution is -0.386. The van der Waals surface area contributed by atoms with Gasteiger partial charge in [-0.25, -0.2) is 8.78 Å². The van der Waals surface area contributed by atoms with E-state index < -0.39 is 22.8 Å². The smallest absolute Gasteiger partial charge is 0.274 e. The van der Waals surface area contributed by atoms with Crippen molar-refractivity contribution in [1.82, 2.24) is 0 Å². The summed E-state index contributed by atoms with van der Waals surface area (Å²) in [6, 6.07) is 5.34. The zero-order chi connectivity index (χ0) is 11.3. The molecular formula is C9H8F2N2O2. The second-order valence-corrected chi connectivity index (χ2v) is 3.63. The Balaban J connectivity index is 2.51. The van der Waals surface area contributed by atoms with E-state index in [2.05, 4.69) is 0 Å². The molecule has 6 heteroatoms. The Morgan fingerprint density at radius 1 is 1.40 bits per heavy atom. The van der Waals surface area contributed by atoms with Crippen molar-refractivity contribution < 1.29 is 13.7 Å². The van der Waals surface area contributed by atoms with Crippen molar-refractivity contribution in [1.29, 1.82) is 0 Å². The molecule has 1 aromatic rings. The summed E-state index contributed by atoms with van der Waals surface area (Å²) in [5, 5.41) is 10.6. The van der Waals surface area contributed by atoms with E-state index in [1.807, 2.05) is 0 Å². The quantitative estimate of drug-likeness (QED) is 0.602. The molecule has 1 aliphatic rings. The van der Waals surface area contributed by atoms with Crippen LogP contribution in [0.1, 0.15) is 12.0 Å². The van der Waals surface area contributed by atoms with E-state index in [1.165, 1.54) is 24.3 Å². The third-order valence-corrected chi connectivity index (χ3v) is 2.61. The molecule has 4 nitrogen and oxygen atoms in total. The Morgan fingerprint density at radius 3 is 2.40 bits per heavy atom. The molecule has 1 atom stereocenters. The first-order valence-electron chi connectivity index (χ1n) is 4.29. The maximum absolute atomic E-state index is 13.0. The lowest BCUT2D eigenvalue weighted by atomic mass is 10.0. The van der Waals surface area contributed by atoms with Crippen LogP contribution >= 0.6 is 0 Å². The molecule has 80 valence electrons. The summed E-state index contributed by atoms with van der Waals surface area (Å²) in [6.07, 6.45) is -0.537. The second-order valence-electron chi connectivity index (χ2n) is 3.63. The van der Waals surface area contributed by atoms with Crippen LogP contribution in [-0.4, -0.2) is 10.8 Å². The number of nitro groups is 1. The molecule has 0 saturated heterocycles. The molecule has 0 spiro atoms. The van der Waals surface area contributed by atoms with Crippen molar-refractivity contribution in [3.8, 4) is 0 Å². The van der Waals surface area contributed by atoms with E-state index in [9.17, 15) is 18.9 Å². The molecule has 0 bridgehead atoms. The minimum absolute atomic E-state index is 0.0972. The van der Waals surface area contributed by atoms with Gasteiger partial charge in [0.1, 0.15) is 5.54 Å². The highest BCUT2D eigenvalue weighted by Gasteiger charge is 2.71. The highest BCUT2D eigenvalue weighted by Crippen LogP contribution is 2.59. The van der Waals surface area contributed by atoms with Crippen molar-refractivity contribution in [3.05, 3.63) is 39.9 Å². The maximum atomic E-state index is 13.0. The molecule has 1 aliphatic carbocycles. The molecule has 1 saturated carbocycles. The number of nitrogens with zero attached hydrogens (tertiary/aromatic N) is 1. The number of halogens is 2. The molecule has 15 heavy (non-hydrogen) atoms. The zero-order valence-electron chi connectivity index (χ0n) is 7.61.